The molecule has 1 nitrogen and oxygen atoms in total. The fourth-order valence-corrected chi connectivity index (χ4v) is 2.45. The van der Waals surface area contributed by atoms with Gasteiger partial charge in [-0.05, 0) is 37.0 Å². The Kier molecular flexibility index (Phi) is 3.39. The fraction of sp³-hybridized carbons (Fsp3) is 1.00. The largest absolute Gasteiger partial charge is 0.390 e. The van der Waals surface area contributed by atoms with Crippen LogP contribution in [-0.4, -0.2) is 10.7 Å². The van der Waals surface area contributed by atoms with Gasteiger partial charge in [-0.25, -0.2) is 0 Å². The van der Waals surface area contributed by atoms with Gasteiger partial charge in [0.05, 0.1) is 5.60 Å². The van der Waals surface area contributed by atoms with E-state index in [4.69, 9.17) is 0 Å². The molecule has 1 saturated carbocycles. The molecule has 1 heteroatoms. The molecule has 0 aliphatic heterocycles. The maximum Gasteiger partial charge on any atom is 0.0675 e. The summed E-state index contributed by atoms with van der Waals surface area (Å²) in [5, 5.41) is 10.4. The first-order valence-corrected chi connectivity index (χ1v) is 5.72. The SMILES string of the molecule is CCC(C)C1(O)CCC(C)C(C)C1. The molecular weight excluding hydrogens is 160 g/mol. The molecule has 0 radical (unpaired) electrons. The molecule has 0 aromatic carbocycles. The minimum atomic E-state index is -0.360. The first-order valence-electron chi connectivity index (χ1n) is 5.72. The predicted octanol–water partition coefficient (Wildman–Crippen LogP) is 3.22. The van der Waals surface area contributed by atoms with Gasteiger partial charge in [-0.3, -0.25) is 0 Å². The zero-order valence-electron chi connectivity index (χ0n) is 9.51. The van der Waals surface area contributed by atoms with Crippen molar-refractivity contribution in [2.24, 2.45) is 17.8 Å². The first kappa shape index (κ1) is 11.0. The van der Waals surface area contributed by atoms with E-state index in [1.165, 1.54) is 6.42 Å². The van der Waals surface area contributed by atoms with Crippen molar-refractivity contribution in [3.8, 4) is 0 Å². The van der Waals surface area contributed by atoms with Gasteiger partial charge in [-0.15, -0.1) is 0 Å². The second-order valence-corrected chi connectivity index (χ2v) is 5.11. The van der Waals surface area contributed by atoms with Gasteiger partial charge in [0.1, 0.15) is 0 Å². The van der Waals surface area contributed by atoms with Crippen LogP contribution < -0.4 is 0 Å². The lowest BCUT2D eigenvalue weighted by molar-refractivity contribution is -0.0703. The van der Waals surface area contributed by atoms with Crippen molar-refractivity contribution in [2.75, 3.05) is 0 Å². The maximum atomic E-state index is 10.4. The van der Waals surface area contributed by atoms with E-state index in [0.717, 1.165) is 25.2 Å². The Morgan fingerprint density at radius 3 is 2.46 bits per heavy atom. The van der Waals surface area contributed by atoms with Crippen LogP contribution in [0.15, 0.2) is 0 Å². The summed E-state index contributed by atoms with van der Waals surface area (Å²) in [7, 11) is 0. The molecule has 1 aliphatic rings. The van der Waals surface area contributed by atoms with E-state index >= 15 is 0 Å². The van der Waals surface area contributed by atoms with E-state index in [1.54, 1.807) is 0 Å². The number of rotatable bonds is 2. The molecule has 0 spiro atoms. The highest BCUT2D eigenvalue weighted by molar-refractivity contribution is 4.90. The smallest absolute Gasteiger partial charge is 0.0675 e. The van der Waals surface area contributed by atoms with Crippen LogP contribution in [0.25, 0.3) is 0 Å². The molecule has 4 unspecified atom stereocenters. The van der Waals surface area contributed by atoms with Crippen molar-refractivity contribution in [1.29, 1.82) is 0 Å². The lowest BCUT2D eigenvalue weighted by atomic mass is 9.68. The van der Waals surface area contributed by atoms with Gasteiger partial charge in [-0.2, -0.15) is 0 Å². The average Bonchev–Trinajstić information content (AvgIpc) is 2.11. The number of hydrogen-bond donors (Lipinski definition) is 1. The number of hydrogen-bond acceptors (Lipinski definition) is 1. The molecule has 0 aromatic heterocycles. The van der Waals surface area contributed by atoms with Crippen LogP contribution in [0.5, 0.6) is 0 Å². The Morgan fingerprint density at radius 2 is 2.00 bits per heavy atom. The van der Waals surface area contributed by atoms with Gasteiger partial charge >= 0.3 is 0 Å². The minimum absolute atomic E-state index is 0.360. The Hall–Kier alpha value is -0.0400. The molecule has 4 atom stereocenters. The third-order valence-electron chi connectivity index (χ3n) is 4.21. The quantitative estimate of drug-likeness (QED) is 0.698. The molecule has 1 aliphatic carbocycles. The van der Waals surface area contributed by atoms with E-state index in [-0.39, 0.29) is 5.60 Å². The maximum absolute atomic E-state index is 10.4. The van der Waals surface area contributed by atoms with Gasteiger partial charge in [0.2, 0.25) is 0 Å². The van der Waals surface area contributed by atoms with Crippen molar-refractivity contribution in [3.05, 3.63) is 0 Å². The van der Waals surface area contributed by atoms with Crippen molar-refractivity contribution in [1.82, 2.24) is 0 Å². The highest BCUT2D eigenvalue weighted by Crippen LogP contribution is 2.41. The van der Waals surface area contributed by atoms with Crippen LogP contribution in [0.4, 0.5) is 0 Å². The summed E-state index contributed by atoms with van der Waals surface area (Å²) < 4.78 is 0. The average molecular weight is 184 g/mol. The third kappa shape index (κ3) is 2.25. The predicted molar refractivity (Wildman–Crippen MR) is 56.6 cm³/mol. The van der Waals surface area contributed by atoms with Crippen LogP contribution >= 0.6 is 0 Å². The molecule has 0 bridgehead atoms. The summed E-state index contributed by atoms with van der Waals surface area (Å²) in [6, 6.07) is 0. The van der Waals surface area contributed by atoms with Crippen molar-refractivity contribution in [3.63, 3.8) is 0 Å². The second-order valence-electron chi connectivity index (χ2n) is 5.11. The molecule has 0 amide bonds. The summed E-state index contributed by atoms with van der Waals surface area (Å²) in [5.74, 6) is 1.94. The van der Waals surface area contributed by atoms with E-state index < -0.39 is 0 Å². The van der Waals surface area contributed by atoms with E-state index in [9.17, 15) is 5.11 Å². The van der Waals surface area contributed by atoms with Gasteiger partial charge in [0, 0.05) is 0 Å². The highest BCUT2D eigenvalue weighted by atomic mass is 16.3. The van der Waals surface area contributed by atoms with Crippen molar-refractivity contribution < 1.29 is 5.11 Å². The Balaban J connectivity index is 2.61. The topological polar surface area (TPSA) is 20.2 Å². The summed E-state index contributed by atoms with van der Waals surface area (Å²) in [6.07, 6.45) is 4.30. The highest BCUT2D eigenvalue weighted by Gasteiger charge is 2.39. The zero-order chi connectivity index (χ0) is 10.1. The van der Waals surface area contributed by atoms with Crippen LogP contribution in [-0.2, 0) is 0 Å². The third-order valence-corrected chi connectivity index (χ3v) is 4.21. The van der Waals surface area contributed by atoms with Crippen LogP contribution in [0, 0.1) is 17.8 Å². The van der Waals surface area contributed by atoms with E-state index in [1.807, 2.05) is 0 Å². The van der Waals surface area contributed by atoms with Crippen LogP contribution in [0.1, 0.15) is 53.4 Å². The minimum Gasteiger partial charge on any atom is -0.390 e. The molecule has 0 aromatic rings. The Labute approximate surface area is 82.5 Å². The molecule has 0 heterocycles. The van der Waals surface area contributed by atoms with Crippen LogP contribution in [0.2, 0.25) is 0 Å². The standard InChI is InChI=1S/C12H24O/c1-5-11(4)12(13)7-6-9(2)10(3)8-12/h9-11,13H,5-8H2,1-4H3. The fourth-order valence-electron chi connectivity index (χ4n) is 2.45. The molecule has 0 saturated heterocycles. The normalized spacial score (nSPS) is 43.2. The zero-order valence-corrected chi connectivity index (χ0v) is 9.51. The van der Waals surface area contributed by atoms with Crippen molar-refractivity contribution >= 4 is 0 Å². The number of aliphatic hydroxyl groups is 1. The Morgan fingerprint density at radius 1 is 1.38 bits per heavy atom. The second kappa shape index (κ2) is 4.00. The Bertz CT molecular complexity index is 167. The van der Waals surface area contributed by atoms with Gasteiger partial charge < -0.3 is 5.11 Å². The summed E-state index contributed by atoms with van der Waals surface area (Å²) in [4.78, 5) is 0. The lowest BCUT2D eigenvalue weighted by Gasteiger charge is -2.42. The molecule has 1 N–H and O–H groups in total. The van der Waals surface area contributed by atoms with Gasteiger partial charge in [0.25, 0.3) is 0 Å². The molecule has 1 fully saturated rings. The molecule has 1 rings (SSSR count). The molecule has 78 valence electrons. The molecule has 13 heavy (non-hydrogen) atoms. The first-order chi connectivity index (χ1) is 5.99. The monoisotopic (exact) mass is 184 g/mol. The van der Waals surface area contributed by atoms with E-state index in [0.29, 0.717) is 11.8 Å². The van der Waals surface area contributed by atoms with E-state index in [2.05, 4.69) is 27.7 Å². The summed E-state index contributed by atoms with van der Waals surface area (Å²) in [6.45, 7) is 8.94. The van der Waals surface area contributed by atoms with Gasteiger partial charge in [-0.1, -0.05) is 34.1 Å². The summed E-state index contributed by atoms with van der Waals surface area (Å²) in [5.41, 5.74) is -0.360. The van der Waals surface area contributed by atoms with Crippen molar-refractivity contribution in [2.45, 2.75) is 59.0 Å². The lowest BCUT2D eigenvalue weighted by Crippen LogP contribution is -2.42. The summed E-state index contributed by atoms with van der Waals surface area (Å²) >= 11 is 0. The molecular formula is C12H24O. The van der Waals surface area contributed by atoms with Crippen LogP contribution in [0.3, 0.4) is 0 Å². The van der Waals surface area contributed by atoms with Gasteiger partial charge in [0.15, 0.2) is 0 Å².